The zero-order valence-electron chi connectivity index (χ0n) is 6.07. The van der Waals surface area contributed by atoms with E-state index in [0.29, 0.717) is 14.7 Å². The summed E-state index contributed by atoms with van der Waals surface area (Å²) in [6.45, 7) is 0. The fourth-order valence-corrected chi connectivity index (χ4v) is 2.31. The molecule has 0 aliphatic carbocycles. The van der Waals surface area contributed by atoms with Crippen molar-refractivity contribution in [1.29, 1.82) is 0 Å². The van der Waals surface area contributed by atoms with E-state index in [4.69, 9.17) is 4.74 Å². The van der Waals surface area contributed by atoms with Crippen molar-refractivity contribution in [3.63, 3.8) is 0 Å². The molecule has 0 saturated carbocycles. The van der Waals surface area contributed by atoms with Gasteiger partial charge >= 0.3 is 70.4 Å². The van der Waals surface area contributed by atoms with Crippen molar-refractivity contribution in [2.24, 2.45) is 0 Å². The molecule has 2 nitrogen and oxygen atoms in total. The van der Waals surface area contributed by atoms with Gasteiger partial charge in [-0.3, -0.25) is 0 Å². The summed E-state index contributed by atoms with van der Waals surface area (Å²) in [5, 5.41) is 1.24. The number of hydrogen-bond donors (Lipinski definition) is 0. The molecular formula is C8H7NOSe. The number of methoxy groups -OCH3 is 1. The molecule has 0 aliphatic heterocycles. The van der Waals surface area contributed by atoms with Crippen molar-refractivity contribution in [3.05, 3.63) is 23.1 Å². The molecule has 0 N–H and O–H groups in total. The summed E-state index contributed by atoms with van der Waals surface area (Å²) in [7, 11) is 1.67. The summed E-state index contributed by atoms with van der Waals surface area (Å²) in [5.74, 6) is 0.888. The van der Waals surface area contributed by atoms with E-state index >= 15 is 0 Å². The maximum atomic E-state index is 5.07. The second-order valence-electron chi connectivity index (χ2n) is 2.24. The van der Waals surface area contributed by atoms with E-state index in [2.05, 4.69) is 8.92 Å². The summed E-state index contributed by atoms with van der Waals surface area (Å²) >= 11 is 0.314. The molecule has 0 fully saturated rings. The number of hydrogen-bond acceptors (Lipinski definition) is 2. The molecule has 11 heavy (non-hydrogen) atoms. The maximum absolute atomic E-state index is 5.07. The topological polar surface area (TPSA) is 22.1 Å². The van der Waals surface area contributed by atoms with Gasteiger partial charge in [0.1, 0.15) is 0 Å². The van der Waals surface area contributed by atoms with E-state index in [-0.39, 0.29) is 0 Å². The van der Waals surface area contributed by atoms with E-state index in [1.807, 2.05) is 18.2 Å². The Morgan fingerprint density at radius 3 is 3.18 bits per heavy atom. The van der Waals surface area contributed by atoms with Gasteiger partial charge in [0.25, 0.3) is 0 Å². The monoisotopic (exact) mass is 213 g/mol. The molecule has 0 radical (unpaired) electrons. The van der Waals surface area contributed by atoms with Crippen LogP contribution in [0.2, 0.25) is 0 Å². The third-order valence-electron chi connectivity index (χ3n) is 1.57. The molecule has 3 heteroatoms. The van der Waals surface area contributed by atoms with Crippen molar-refractivity contribution in [1.82, 2.24) is 3.98 Å². The molecule has 1 heterocycles. The Kier molecular flexibility index (Phi) is 1.68. The zero-order chi connectivity index (χ0) is 7.68. The van der Waals surface area contributed by atoms with Crippen molar-refractivity contribution in [2.45, 2.75) is 0 Å². The van der Waals surface area contributed by atoms with Crippen molar-refractivity contribution in [3.8, 4) is 5.75 Å². The second kappa shape index (κ2) is 2.68. The van der Waals surface area contributed by atoms with Gasteiger partial charge in [-0.25, -0.2) is 0 Å². The summed E-state index contributed by atoms with van der Waals surface area (Å²) in [6.07, 6.45) is 0. The standard InChI is InChI=1S/C8H7NOSe/c1-10-7-3-2-6-5-11-9-8(6)4-7/h2-5H,1H3. The molecule has 0 spiro atoms. The van der Waals surface area contributed by atoms with Crippen LogP contribution in [0.1, 0.15) is 0 Å². The third-order valence-corrected chi connectivity index (χ3v) is 2.96. The first kappa shape index (κ1) is 6.89. The van der Waals surface area contributed by atoms with E-state index < -0.39 is 0 Å². The Morgan fingerprint density at radius 1 is 1.45 bits per heavy atom. The van der Waals surface area contributed by atoms with Gasteiger partial charge in [0.15, 0.2) is 0 Å². The normalized spacial score (nSPS) is 10.3. The number of benzene rings is 1. The molecule has 0 saturated heterocycles. The third kappa shape index (κ3) is 1.17. The van der Waals surface area contributed by atoms with Crippen molar-refractivity contribution in [2.75, 3.05) is 7.11 Å². The van der Waals surface area contributed by atoms with Gasteiger partial charge in [0.05, 0.1) is 0 Å². The quantitative estimate of drug-likeness (QED) is 0.664. The first-order valence-corrected chi connectivity index (χ1v) is 5.04. The van der Waals surface area contributed by atoms with Gasteiger partial charge in [-0.1, -0.05) is 0 Å². The van der Waals surface area contributed by atoms with E-state index in [0.717, 1.165) is 11.3 Å². The van der Waals surface area contributed by atoms with Gasteiger partial charge in [-0.05, 0) is 0 Å². The summed E-state index contributed by atoms with van der Waals surface area (Å²) < 4.78 is 9.41. The molecular weight excluding hydrogens is 205 g/mol. The predicted octanol–water partition coefficient (Wildman–Crippen LogP) is 1.30. The second-order valence-corrected chi connectivity index (χ2v) is 3.56. The molecule has 0 unspecified atom stereocenters. The van der Waals surface area contributed by atoms with E-state index in [1.54, 1.807) is 7.11 Å². The minimum absolute atomic E-state index is 0.314. The molecule has 0 aliphatic rings. The average Bonchev–Trinajstić information content (AvgIpc) is 2.50. The van der Waals surface area contributed by atoms with Gasteiger partial charge in [-0.2, -0.15) is 0 Å². The molecule has 1 aromatic carbocycles. The van der Waals surface area contributed by atoms with Crippen LogP contribution in [0.4, 0.5) is 0 Å². The van der Waals surface area contributed by atoms with Crippen LogP contribution in [0.5, 0.6) is 5.75 Å². The Hall–Kier alpha value is -0.791. The van der Waals surface area contributed by atoms with Crippen LogP contribution in [0.3, 0.4) is 0 Å². The zero-order valence-corrected chi connectivity index (χ0v) is 7.79. The SMILES string of the molecule is COc1ccc2c[se]nc2c1. The summed E-state index contributed by atoms with van der Waals surface area (Å²) in [5.41, 5.74) is 1.07. The van der Waals surface area contributed by atoms with Crippen molar-refractivity contribution >= 4 is 25.6 Å². The molecule has 2 aromatic rings. The van der Waals surface area contributed by atoms with Gasteiger partial charge in [0.2, 0.25) is 0 Å². The van der Waals surface area contributed by atoms with Crippen LogP contribution < -0.4 is 4.74 Å². The molecule has 0 bridgehead atoms. The fraction of sp³-hybridized carbons (Fsp3) is 0.125. The van der Waals surface area contributed by atoms with Gasteiger partial charge in [-0.15, -0.1) is 0 Å². The van der Waals surface area contributed by atoms with Crippen LogP contribution in [0.15, 0.2) is 23.1 Å². The minimum atomic E-state index is 0.314. The molecule has 0 atom stereocenters. The fourth-order valence-electron chi connectivity index (χ4n) is 0.969. The van der Waals surface area contributed by atoms with Crippen LogP contribution >= 0.6 is 0 Å². The van der Waals surface area contributed by atoms with Crippen LogP contribution in [0.25, 0.3) is 10.9 Å². The Balaban J connectivity index is 2.67. The van der Waals surface area contributed by atoms with Crippen molar-refractivity contribution < 1.29 is 4.74 Å². The number of rotatable bonds is 1. The summed E-state index contributed by atoms with van der Waals surface area (Å²) in [6, 6.07) is 5.99. The number of fused-ring (bicyclic) bond motifs is 1. The Bertz CT molecular complexity index is 369. The Morgan fingerprint density at radius 2 is 2.36 bits per heavy atom. The number of ether oxygens (including phenoxy) is 1. The van der Waals surface area contributed by atoms with Crippen LogP contribution in [-0.4, -0.2) is 25.8 Å². The first-order chi connectivity index (χ1) is 5.40. The number of aromatic nitrogens is 1. The predicted molar refractivity (Wildman–Crippen MR) is 45.2 cm³/mol. The number of nitrogens with zero attached hydrogens (tertiary/aromatic N) is 1. The van der Waals surface area contributed by atoms with E-state index in [1.165, 1.54) is 5.39 Å². The summed E-state index contributed by atoms with van der Waals surface area (Å²) in [4.78, 5) is 2.17. The molecule has 1 aromatic heterocycles. The van der Waals surface area contributed by atoms with Gasteiger partial charge in [0, 0.05) is 0 Å². The van der Waals surface area contributed by atoms with E-state index in [9.17, 15) is 0 Å². The Labute approximate surface area is 70.8 Å². The van der Waals surface area contributed by atoms with Crippen LogP contribution in [0, 0.1) is 0 Å². The molecule has 0 amide bonds. The molecule has 2 rings (SSSR count). The van der Waals surface area contributed by atoms with Gasteiger partial charge < -0.3 is 0 Å². The molecule has 56 valence electrons. The first-order valence-electron chi connectivity index (χ1n) is 3.28. The average molecular weight is 212 g/mol. The van der Waals surface area contributed by atoms with Crippen LogP contribution in [-0.2, 0) is 0 Å².